The number of hydrogen-bond acceptors (Lipinski definition) is 3. The van der Waals surface area contributed by atoms with Crippen molar-refractivity contribution in [3.63, 3.8) is 0 Å². The fourth-order valence-corrected chi connectivity index (χ4v) is 7.62. The van der Waals surface area contributed by atoms with E-state index in [-0.39, 0.29) is 34.2 Å². The second-order valence-corrected chi connectivity index (χ2v) is 9.79. The van der Waals surface area contributed by atoms with Crippen LogP contribution < -0.4 is 0 Å². The van der Waals surface area contributed by atoms with E-state index < -0.39 is 0 Å². The average molecular weight is 342 g/mol. The highest BCUT2D eigenvalue weighted by Crippen LogP contribution is 2.66. The van der Waals surface area contributed by atoms with Crippen LogP contribution in [-0.4, -0.2) is 17.3 Å². The highest BCUT2D eigenvalue weighted by Gasteiger charge is 2.64. The third-order valence-electron chi connectivity index (χ3n) is 8.43. The lowest BCUT2D eigenvalue weighted by molar-refractivity contribution is -0.148. The molecule has 0 unspecified atom stereocenters. The van der Waals surface area contributed by atoms with Crippen LogP contribution in [0.5, 0.6) is 0 Å². The highest BCUT2D eigenvalue weighted by atomic mass is 16.1. The molecule has 3 heteroatoms. The smallest absolute Gasteiger partial charge is 0.155 e. The minimum absolute atomic E-state index is 0.0279. The van der Waals surface area contributed by atoms with Crippen molar-refractivity contribution in [2.24, 2.45) is 40.4 Å². The normalized spacial score (nSPS) is 49.1. The number of rotatable bonds is 1. The number of allylic oxidation sites excluding steroid dienone is 1. The molecule has 0 bridgehead atoms. The highest BCUT2D eigenvalue weighted by molar-refractivity contribution is 5.93. The minimum Gasteiger partial charge on any atom is -0.300 e. The lowest BCUT2D eigenvalue weighted by atomic mass is 9.46. The van der Waals surface area contributed by atoms with Crippen molar-refractivity contribution in [3.05, 3.63) is 11.6 Å². The Morgan fingerprint density at radius 3 is 2.60 bits per heavy atom. The first-order valence-corrected chi connectivity index (χ1v) is 9.95. The van der Waals surface area contributed by atoms with E-state index in [4.69, 9.17) is 0 Å². The van der Waals surface area contributed by atoms with Crippen molar-refractivity contribution in [1.29, 1.82) is 0 Å². The number of Topliss-reactive ketones (excluding diaryl/α,β-unsaturated/α-hetero) is 2. The predicted molar refractivity (Wildman–Crippen MR) is 95.8 cm³/mol. The van der Waals surface area contributed by atoms with Crippen molar-refractivity contribution < 1.29 is 14.4 Å². The van der Waals surface area contributed by atoms with Gasteiger partial charge in [0.15, 0.2) is 5.78 Å². The van der Waals surface area contributed by atoms with Gasteiger partial charge < -0.3 is 0 Å². The first kappa shape index (κ1) is 17.2. The molecule has 0 aromatic rings. The van der Waals surface area contributed by atoms with Gasteiger partial charge in [0.1, 0.15) is 11.6 Å². The molecule has 0 amide bonds. The molecule has 0 spiro atoms. The van der Waals surface area contributed by atoms with Crippen molar-refractivity contribution in [3.8, 4) is 0 Å². The lowest BCUT2D eigenvalue weighted by Gasteiger charge is -2.56. The first-order valence-electron chi connectivity index (χ1n) is 9.95. The number of hydrogen-bond donors (Lipinski definition) is 0. The van der Waals surface area contributed by atoms with Crippen molar-refractivity contribution in [1.82, 2.24) is 0 Å². The van der Waals surface area contributed by atoms with Crippen LogP contribution in [-0.2, 0) is 14.4 Å². The SMILES string of the molecule is CC(=O)[C@@H]1[C@H](C)C[C@@H]2[C@@H]3CCC4=CC(=O)CC[C@]4(C)[C@@H]3C(=O)C[C@]21C. The fraction of sp³-hybridized carbons (Fsp3) is 0.773. The Balaban J connectivity index is 1.76. The van der Waals surface area contributed by atoms with E-state index >= 15 is 0 Å². The van der Waals surface area contributed by atoms with Crippen molar-refractivity contribution in [2.45, 2.75) is 66.2 Å². The third kappa shape index (κ3) is 2.20. The summed E-state index contributed by atoms with van der Waals surface area (Å²) < 4.78 is 0. The van der Waals surface area contributed by atoms with Gasteiger partial charge in [-0.25, -0.2) is 0 Å². The van der Waals surface area contributed by atoms with E-state index in [0.717, 1.165) is 25.7 Å². The van der Waals surface area contributed by atoms with Gasteiger partial charge in [-0.3, -0.25) is 14.4 Å². The third-order valence-corrected chi connectivity index (χ3v) is 8.43. The zero-order valence-electron chi connectivity index (χ0n) is 15.9. The molecule has 4 aliphatic rings. The maximum absolute atomic E-state index is 13.4. The quantitative estimate of drug-likeness (QED) is 0.719. The molecule has 0 aliphatic heterocycles. The van der Waals surface area contributed by atoms with Gasteiger partial charge in [-0.05, 0) is 67.3 Å². The summed E-state index contributed by atoms with van der Waals surface area (Å²) in [5.41, 5.74) is 0.925. The first-order chi connectivity index (χ1) is 11.7. The zero-order valence-corrected chi connectivity index (χ0v) is 15.9. The Morgan fingerprint density at radius 1 is 1.20 bits per heavy atom. The van der Waals surface area contributed by atoms with E-state index in [9.17, 15) is 14.4 Å². The number of carbonyl (C=O) groups excluding carboxylic acids is 3. The van der Waals surface area contributed by atoms with Crippen LogP contribution in [0.25, 0.3) is 0 Å². The summed E-state index contributed by atoms with van der Waals surface area (Å²) in [6.45, 7) is 8.34. The van der Waals surface area contributed by atoms with Crippen LogP contribution in [0.4, 0.5) is 0 Å². The van der Waals surface area contributed by atoms with E-state index in [1.54, 1.807) is 6.92 Å². The largest absolute Gasteiger partial charge is 0.300 e. The van der Waals surface area contributed by atoms with E-state index in [1.165, 1.54) is 5.57 Å². The molecule has 3 nitrogen and oxygen atoms in total. The summed E-state index contributed by atoms with van der Waals surface area (Å²) in [7, 11) is 0. The van der Waals surface area contributed by atoms with Crippen LogP contribution in [0.2, 0.25) is 0 Å². The molecule has 0 aromatic carbocycles. The van der Waals surface area contributed by atoms with Gasteiger partial charge in [0.2, 0.25) is 0 Å². The molecule has 3 fully saturated rings. The number of ketones is 3. The minimum atomic E-state index is -0.161. The summed E-state index contributed by atoms with van der Waals surface area (Å²) in [4.78, 5) is 37.6. The second-order valence-electron chi connectivity index (χ2n) is 9.79. The Bertz CT molecular complexity index is 689. The Labute approximate surface area is 150 Å². The summed E-state index contributed by atoms with van der Waals surface area (Å²) in [6.07, 6.45) is 6.81. The number of fused-ring (bicyclic) bond motifs is 5. The molecule has 25 heavy (non-hydrogen) atoms. The van der Waals surface area contributed by atoms with Crippen molar-refractivity contribution >= 4 is 17.3 Å². The van der Waals surface area contributed by atoms with Crippen LogP contribution in [0.15, 0.2) is 11.6 Å². The van der Waals surface area contributed by atoms with E-state index in [0.29, 0.717) is 36.4 Å². The molecule has 136 valence electrons. The Morgan fingerprint density at radius 2 is 1.92 bits per heavy atom. The summed E-state index contributed by atoms with van der Waals surface area (Å²) in [5, 5.41) is 0. The summed E-state index contributed by atoms with van der Waals surface area (Å²) in [6, 6.07) is 0. The monoisotopic (exact) mass is 342 g/mol. The Kier molecular flexibility index (Phi) is 3.69. The maximum atomic E-state index is 13.4. The molecule has 7 atom stereocenters. The lowest BCUT2D eigenvalue weighted by Crippen LogP contribution is -2.55. The average Bonchev–Trinajstić information content (AvgIpc) is 2.77. The maximum Gasteiger partial charge on any atom is 0.155 e. The number of carbonyl (C=O) groups is 3. The van der Waals surface area contributed by atoms with Crippen LogP contribution >= 0.6 is 0 Å². The van der Waals surface area contributed by atoms with Gasteiger partial charge in [-0.2, -0.15) is 0 Å². The van der Waals surface area contributed by atoms with Gasteiger partial charge in [-0.15, -0.1) is 0 Å². The molecule has 0 N–H and O–H groups in total. The molecule has 0 aromatic heterocycles. The molecule has 4 aliphatic carbocycles. The van der Waals surface area contributed by atoms with Crippen LogP contribution in [0.1, 0.15) is 66.2 Å². The van der Waals surface area contributed by atoms with E-state index in [1.807, 2.05) is 6.08 Å². The van der Waals surface area contributed by atoms with Crippen LogP contribution in [0, 0.1) is 40.4 Å². The molecular weight excluding hydrogens is 312 g/mol. The standard InChI is InChI=1S/C22H30O3/c1-12-9-17-16-6-5-14-10-15(24)7-8-21(14,3)20(16)18(25)11-22(17,4)19(12)13(2)23/h10,12,16-17,19-20H,5-9,11H2,1-4H3/t12-,16+,17-,19+,20+,21+,22-/m1/s1. The van der Waals surface area contributed by atoms with Gasteiger partial charge >= 0.3 is 0 Å². The summed E-state index contributed by atoms with van der Waals surface area (Å²) in [5.74, 6) is 2.14. The molecule has 0 radical (unpaired) electrons. The zero-order chi connectivity index (χ0) is 18.1. The molecule has 0 saturated heterocycles. The molecule has 4 rings (SSSR count). The van der Waals surface area contributed by atoms with E-state index in [2.05, 4.69) is 20.8 Å². The van der Waals surface area contributed by atoms with Gasteiger partial charge in [0.25, 0.3) is 0 Å². The molecular formula is C22H30O3. The predicted octanol–water partition coefficient (Wildman–Crippen LogP) is 4.15. The fourth-order valence-electron chi connectivity index (χ4n) is 7.62. The summed E-state index contributed by atoms with van der Waals surface area (Å²) >= 11 is 0. The van der Waals surface area contributed by atoms with Gasteiger partial charge in [-0.1, -0.05) is 26.3 Å². The van der Waals surface area contributed by atoms with Crippen molar-refractivity contribution in [2.75, 3.05) is 0 Å². The molecule has 3 saturated carbocycles. The van der Waals surface area contributed by atoms with Gasteiger partial charge in [0.05, 0.1) is 0 Å². The second kappa shape index (κ2) is 5.37. The molecule has 0 heterocycles. The van der Waals surface area contributed by atoms with Gasteiger partial charge in [0, 0.05) is 24.7 Å². The Hall–Kier alpha value is -1.25. The van der Waals surface area contributed by atoms with Crippen LogP contribution in [0.3, 0.4) is 0 Å². The topological polar surface area (TPSA) is 51.2 Å².